The Hall–Kier alpha value is -2.12. The first-order valence-corrected chi connectivity index (χ1v) is 9.41. The summed E-state index contributed by atoms with van der Waals surface area (Å²) in [4.78, 5) is 25.0. The van der Waals surface area contributed by atoms with Crippen LogP contribution in [0.1, 0.15) is 18.4 Å². The Bertz CT molecular complexity index is 1140. The van der Waals surface area contributed by atoms with Crippen LogP contribution in [0.4, 0.5) is 11.4 Å². The van der Waals surface area contributed by atoms with Crippen LogP contribution < -0.4 is 15.5 Å². The topological polar surface area (TPSA) is 85.5 Å². The fourth-order valence-corrected chi connectivity index (χ4v) is 7.14. The van der Waals surface area contributed by atoms with Crippen molar-refractivity contribution in [1.29, 1.82) is 0 Å². The lowest BCUT2D eigenvalue weighted by molar-refractivity contribution is -0.120. The molecule has 124 valence electrons. The van der Waals surface area contributed by atoms with E-state index in [-0.39, 0.29) is 16.9 Å². The van der Waals surface area contributed by atoms with E-state index in [9.17, 15) is 15.0 Å². The van der Waals surface area contributed by atoms with Crippen molar-refractivity contribution in [2.24, 2.45) is 9.98 Å². The molecule has 7 heteroatoms. The van der Waals surface area contributed by atoms with Crippen molar-refractivity contribution in [1.82, 2.24) is 0 Å². The summed E-state index contributed by atoms with van der Waals surface area (Å²) in [6, 6.07) is -0.544. The molecular weight excluding hydrogens is 338 g/mol. The summed E-state index contributed by atoms with van der Waals surface area (Å²) in [7, 11) is 0. The number of thioether (sulfide) groups is 1. The zero-order valence-corrected chi connectivity index (χ0v) is 13.9. The molecule has 4 atom stereocenters. The Morgan fingerprint density at radius 3 is 3.16 bits per heavy atom. The molecule has 0 unspecified atom stereocenters. The van der Waals surface area contributed by atoms with Gasteiger partial charge < -0.3 is 15.1 Å². The van der Waals surface area contributed by atoms with Crippen molar-refractivity contribution in [2.45, 2.75) is 35.8 Å². The van der Waals surface area contributed by atoms with Crippen LogP contribution in [0.25, 0.3) is 5.57 Å². The highest BCUT2D eigenvalue weighted by Crippen LogP contribution is 2.62. The lowest BCUT2D eigenvalue weighted by Crippen LogP contribution is -2.67. The third-order valence-corrected chi connectivity index (χ3v) is 7.88. The van der Waals surface area contributed by atoms with Crippen molar-refractivity contribution < 1.29 is 15.0 Å². The quantitative estimate of drug-likeness (QED) is 0.688. The molecule has 1 fully saturated rings. The molecule has 1 spiro atoms. The van der Waals surface area contributed by atoms with E-state index in [4.69, 9.17) is 4.99 Å². The van der Waals surface area contributed by atoms with Gasteiger partial charge in [-0.25, -0.2) is 0 Å². The third kappa shape index (κ3) is 1.15. The summed E-state index contributed by atoms with van der Waals surface area (Å²) in [5, 5.41) is 23.6. The predicted octanol–water partition coefficient (Wildman–Crippen LogP) is 0.0126. The van der Waals surface area contributed by atoms with Gasteiger partial charge >= 0.3 is 0 Å². The number of carbonyl (C=O) groups excluding carboxylic acids is 1. The number of ketones is 1. The van der Waals surface area contributed by atoms with Gasteiger partial charge in [-0.2, -0.15) is 0 Å². The Morgan fingerprint density at radius 1 is 1.40 bits per heavy atom. The largest absolute Gasteiger partial charge is 0.504 e. The molecule has 1 aromatic rings. The molecule has 1 aliphatic carbocycles. The highest BCUT2D eigenvalue weighted by atomic mass is 32.2. The standard InChI is InChI=1S/C18H13N3O3S/c22-7-3-8-18-4-9(25-8)20-13-11(18)15-10-6(5-19-12(10)16(13)23)1-2-21(15)14(7)17(18)24/h3,5,9,14,17,23-24H,1-2,4H2/t9-,14-,17-,18+/m1/s1. The molecule has 6 nitrogen and oxygen atoms in total. The number of rotatable bonds is 0. The summed E-state index contributed by atoms with van der Waals surface area (Å²) in [5.41, 5.74) is 2.97. The van der Waals surface area contributed by atoms with Crippen LogP contribution in [0, 0.1) is 0 Å². The molecule has 3 bridgehead atoms. The van der Waals surface area contributed by atoms with Crippen molar-refractivity contribution in [3.63, 3.8) is 0 Å². The van der Waals surface area contributed by atoms with Gasteiger partial charge in [-0.1, -0.05) is 0 Å². The second-order valence-electron chi connectivity index (χ2n) is 7.55. The van der Waals surface area contributed by atoms with E-state index < -0.39 is 17.6 Å². The lowest BCUT2D eigenvalue weighted by atomic mass is 9.62. The van der Waals surface area contributed by atoms with Crippen molar-refractivity contribution in [3.8, 4) is 5.75 Å². The number of anilines is 1. The minimum Gasteiger partial charge on any atom is -0.504 e. The number of carbonyl (C=O) groups is 1. The van der Waals surface area contributed by atoms with Crippen LogP contribution in [-0.2, 0) is 10.2 Å². The van der Waals surface area contributed by atoms with Gasteiger partial charge in [-0.15, -0.1) is 11.8 Å². The van der Waals surface area contributed by atoms with E-state index in [1.165, 1.54) is 0 Å². The Morgan fingerprint density at radius 2 is 2.28 bits per heavy atom. The van der Waals surface area contributed by atoms with Gasteiger partial charge in [-0.3, -0.25) is 14.8 Å². The zero-order chi connectivity index (χ0) is 16.7. The van der Waals surface area contributed by atoms with Crippen LogP contribution in [-0.4, -0.2) is 46.3 Å². The van der Waals surface area contributed by atoms with Gasteiger partial charge in [0.05, 0.1) is 17.2 Å². The van der Waals surface area contributed by atoms with Crippen LogP contribution >= 0.6 is 11.8 Å². The number of aliphatic hydroxyl groups is 1. The van der Waals surface area contributed by atoms with E-state index in [0.717, 1.165) is 33.4 Å². The molecular formula is C18H13N3O3S. The molecule has 2 N–H and O–H groups in total. The predicted molar refractivity (Wildman–Crippen MR) is 93.0 cm³/mol. The monoisotopic (exact) mass is 351 g/mol. The average molecular weight is 351 g/mol. The number of hydrogen-bond donors (Lipinski definition) is 2. The Balaban J connectivity index is 1.79. The highest BCUT2D eigenvalue weighted by molar-refractivity contribution is 8.04. The number of nitrogens with zero attached hydrogens (tertiary/aromatic N) is 3. The van der Waals surface area contributed by atoms with E-state index in [1.807, 2.05) is 11.1 Å². The second-order valence-corrected chi connectivity index (χ2v) is 8.77. The third-order valence-electron chi connectivity index (χ3n) is 6.60. The van der Waals surface area contributed by atoms with E-state index in [1.54, 1.807) is 17.8 Å². The van der Waals surface area contributed by atoms with Gasteiger partial charge in [0.1, 0.15) is 22.5 Å². The van der Waals surface area contributed by atoms with Gasteiger partial charge in [0, 0.05) is 28.4 Å². The minimum absolute atomic E-state index is 0.0236. The van der Waals surface area contributed by atoms with E-state index >= 15 is 0 Å². The maximum atomic E-state index is 12.8. The first-order valence-electron chi connectivity index (χ1n) is 8.53. The summed E-state index contributed by atoms with van der Waals surface area (Å²) >= 11 is 1.55. The van der Waals surface area contributed by atoms with Crippen LogP contribution in [0.5, 0.6) is 5.75 Å². The molecule has 25 heavy (non-hydrogen) atoms. The molecule has 6 aliphatic rings. The lowest BCUT2D eigenvalue weighted by Gasteiger charge is -2.53. The van der Waals surface area contributed by atoms with Crippen molar-refractivity contribution in [2.75, 3.05) is 11.4 Å². The summed E-state index contributed by atoms with van der Waals surface area (Å²) < 4.78 is 0. The molecule has 0 aromatic heterocycles. The van der Waals surface area contributed by atoms with Gasteiger partial charge in [0.2, 0.25) is 0 Å². The zero-order valence-electron chi connectivity index (χ0n) is 13.1. The number of aliphatic imine (C=N–C) groups is 1. The molecule has 0 amide bonds. The molecule has 1 saturated heterocycles. The average Bonchev–Trinajstić information content (AvgIpc) is 3.13. The van der Waals surface area contributed by atoms with Crippen molar-refractivity contribution >= 4 is 40.7 Å². The summed E-state index contributed by atoms with van der Waals surface area (Å²) in [6.45, 7) is 0.675. The van der Waals surface area contributed by atoms with Gasteiger partial charge in [0.25, 0.3) is 0 Å². The Kier molecular flexibility index (Phi) is 1.94. The molecule has 1 aromatic carbocycles. The number of benzene rings is 1. The van der Waals surface area contributed by atoms with Gasteiger partial charge in [-0.05, 0) is 24.5 Å². The number of fused-ring (bicyclic) bond motifs is 3. The number of aliphatic hydroxyl groups excluding tert-OH is 1. The van der Waals surface area contributed by atoms with Crippen LogP contribution in [0.3, 0.4) is 0 Å². The molecule has 5 heterocycles. The summed E-state index contributed by atoms with van der Waals surface area (Å²) in [6.07, 6.45) is 4.21. The smallest absolute Gasteiger partial charge is 0.181 e. The Labute approximate surface area is 146 Å². The summed E-state index contributed by atoms with van der Waals surface area (Å²) in [5.74, 6) is 0.0971. The maximum Gasteiger partial charge on any atom is 0.181 e. The maximum absolute atomic E-state index is 12.8. The highest BCUT2D eigenvalue weighted by Gasteiger charge is 2.64. The molecule has 7 rings (SSSR count). The van der Waals surface area contributed by atoms with Crippen LogP contribution in [0.15, 0.2) is 21.0 Å². The number of hydrogen-bond acceptors (Lipinski definition) is 7. The van der Waals surface area contributed by atoms with E-state index in [2.05, 4.69) is 4.99 Å². The molecule has 0 saturated carbocycles. The van der Waals surface area contributed by atoms with E-state index in [0.29, 0.717) is 24.0 Å². The minimum atomic E-state index is -0.791. The first-order chi connectivity index (χ1) is 12.1. The van der Waals surface area contributed by atoms with Crippen LogP contribution in [0.2, 0.25) is 0 Å². The first kappa shape index (κ1) is 13.1. The second kappa shape index (κ2) is 3.68. The molecule has 5 aliphatic heterocycles. The number of aromatic hydroxyl groups is 1. The fourth-order valence-electron chi connectivity index (χ4n) is 5.64. The normalized spacial score (nSPS) is 37.4. The van der Waals surface area contributed by atoms with Gasteiger partial charge in [0.15, 0.2) is 11.5 Å². The fraction of sp³-hybridized carbons (Fsp3) is 0.389. The molecule has 0 radical (unpaired) electrons. The number of phenols is 1. The number of phenolic OH excluding ortho intramolecular Hbond substituents is 1. The SMILES string of the molecule is O=C1C=C2S[C@@H]3C[C@@]24c2c5c6c(c(O)c2=N3)N=CC=6CCN5[C@H]1[C@H]4O. The van der Waals surface area contributed by atoms with Crippen molar-refractivity contribution in [3.05, 3.63) is 27.1 Å².